The third-order valence-electron chi connectivity index (χ3n) is 4.80. The largest absolute Gasteiger partial charge is 0.493 e. The number of piperidine rings is 1. The number of hydrogen-bond donors (Lipinski definition) is 2. The summed E-state index contributed by atoms with van der Waals surface area (Å²) in [6.45, 7) is 5.53. The number of hydrogen-bond acceptors (Lipinski definition) is 5. The Morgan fingerprint density at radius 1 is 1.16 bits per heavy atom. The first kappa shape index (κ1) is 21.5. The molecule has 1 atom stereocenters. The lowest BCUT2D eigenvalue weighted by atomic mass is 9.90. The Kier molecular flexibility index (Phi) is 7.99. The standard InChI is InChI=1S/C18H28N2O4.ClH/c1-12-10-15(22-3)16(23-4)11-14(12)13(2)20-17(21)18(24-5)6-8-19-9-7-18;/h10-11,13,19H,6-9H2,1-5H3,(H,20,21);1H. The van der Waals surface area contributed by atoms with Crippen molar-refractivity contribution in [3.05, 3.63) is 23.3 Å². The van der Waals surface area contributed by atoms with Crippen molar-refractivity contribution >= 4 is 18.3 Å². The van der Waals surface area contributed by atoms with Gasteiger partial charge < -0.3 is 24.8 Å². The highest BCUT2D eigenvalue weighted by molar-refractivity contribution is 5.86. The zero-order valence-corrected chi connectivity index (χ0v) is 16.4. The van der Waals surface area contributed by atoms with Crippen LogP contribution in [-0.2, 0) is 9.53 Å². The summed E-state index contributed by atoms with van der Waals surface area (Å²) in [5, 5.41) is 6.36. The summed E-state index contributed by atoms with van der Waals surface area (Å²) >= 11 is 0. The van der Waals surface area contributed by atoms with E-state index >= 15 is 0 Å². The van der Waals surface area contributed by atoms with Gasteiger partial charge in [-0.2, -0.15) is 0 Å². The lowest BCUT2D eigenvalue weighted by Gasteiger charge is -2.36. The van der Waals surface area contributed by atoms with Gasteiger partial charge in [-0.15, -0.1) is 12.4 Å². The molecule has 1 heterocycles. The summed E-state index contributed by atoms with van der Waals surface area (Å²) in [4.78, 5) is 12.8. The molecule has 0 bridgehead atoms. The molecule has 0 saturated carbocycles. The second kappa shape index (κ2) is 9.27. The van der Waals surface area contributed by atoms with Crippen LogP contribution >= 0.6 is 12.4 Å². The topological polar surface area (TPSA) is 68.8 Å². The van der Waals surface area contributed by atoms with Crippen LogP contribution in [0.2, 0.25) is 0 Å². The first-order chi connectivity index (χ1) is 11.5. The lowest BCUT2D eigenvalue weighted by Crippen LogP contribution is -2.54. The summed E-state index contributed by atoms with van der Waals surface area (Å²) in [6.07, 6.45) is 1.35. The molecule has 1 saturated heterocycles. The van der Waals surface area contributed by atoms with Crippen molar-refractivity contribution in [3.8, 4) is 11.5 Å². The number of carbonyl (C=O) groups is 1. The minimum absolute atomic E-state index is 0. The van der Waals surface area contributed by atoms with Crippen molar-refractivity contribution < 1.29 is 19.0 Å². The van der Waals surface area contributed by atoms with E-state index in [-0.39, 0.29) is 24.4 Å². The Bertz CT molecular complexity index is 589. The Hall–Kier alpha value is -1.50. The SMILES string of the molecule is COc1cc(C)c(C(C)NC(=O)C2(OC)CCNCC2)cc1OC.Cl. The van der Waals surface area contributed by atoms with E-state index in [0.29, 0.717) is 24.3 Å². The van der Waals surface area contributed by atoms with Crippen molar-refractivity contribution in [1.29, 1.82) is 0 Å². The quantitative estimate of drug-likeness (QED) is 0.802. The molecule has 1 amide bonds. The predicted molar refractivity (Wildman–Crippen MR) is 99.9 cm³/mol. The zero-order chi connectivity index (χ0) is 17.7. The molecule has 1 aliphatic rings. The van der Waals surface area contributed by atoms with Crippen LogP contribution < -0.4 is 20.1 Å². The fraction of sp³-hybridized carbons (Fsp3) is 0.611. The molecule has 25 heavy (non-hydrogen) atoms. The maximum Gasteiger partial charge on any atom is 0.252 e. The van der Waals surface area contributed by atoms with Crippen molar-refractivity contribution in [2.45, 2.75) is 38.3 Å². The highest BCUT2D eigenvalue weighted by Gasteiger charge is 2.40. The minimum Gasteiger partial charge on any atom is -0.493 e. The molecule has 1 aromatic carbocycles. The van der Waals surface area contributed by atoms with Gasteiger partial charge in [0.1, 0.15) is 5.60 Å². The summed E-state index contributed by atoms with van der Waals surface area (Å²) in [7, 11) is 4.83. The average molecular weight is 373 g/mol. The van der Waals surface area contributed by atoms with Gasteiger partial charge in [0, 0.05) is 7.11 Å². The van der Waals surface area contributed by atoms with Crippen LogP contribution in [0.15, 0.2) is 12.1 Å². The van der Waals surface area contributed by atoms with Gasteiger partial charge in [0.2, 0.25) is 0 Å². The molecule has 1 aromatic rings. The number of carbonyl (C=O) groups excluding carboxylic acids is 1. The summed E-state index contributed by atoms with van der Waals surface area (Å²) in [5.74, 6) is 1.28. The highest BCUT2D eigenvalue weighted by Crippen LogP contribution is 2.33. The molecule has 0 aliphatic carbocycles. The summed E-state index contributed by atoms with van der Waals surface area (Å²) in [6, 6.07) is 3.69. The summed E-state index contributed by atoms with van der Waals surface area (Å²) < 4.78 is 16.3. The summed E-state index contributed by atoms with van der Waals surface area (Å²) in [5.41, 5.74) is 1.29. The van der Waals surface area contributed by atoms with E-state index in [4.69, 9.17) is 14.2 Å². The third kappa shape index (κ3) is 4.57. The molecule has 6 nitrogen and oxygen atoms in total. The molecule has 142 valence electrons. The Balaban J connectivity index is 0.00000312. The van der Waals surface area contributed by atoms with E-state index in [2.05, 4.69) is 10.6 Å². The molecule has 0 spiro atoms. The fourth-order valence-electron chi connectivity index (χ4n) is 3.22. The van der Waals surface area contributed by atoms with Gasteiger partial charge in [0.15, 0.2) is 11.5 Å². The average Bonchev–Trinajstić information content (AvgIpc) is 2.61. The molecule has 2 N–H and O–H groups in total. The van der Waals surface area contributed by atoms with E-state index in [1.165, 1.54) is 0 Å². The van der Waals surface area contributed by atoms with Gasteiger partial charge >= 0.3 is 0 Å². The van der Waals surface area contributed by atoms with Crippen LogP contribution in [-0.4, -0.2) is 45.9 Å². The number of aryl methyl sites for hydroxylation is 1. The molecule has 0 aromatic heterocycles. The van der Waals surface area contributed by atoms with E-state index in [1.807, 2.05) is 26.0 Å². The number of ether oxygens (including phenoxy) is 3. The van der Waals surface area contributed by atoms with Crippen molar-refractivity contribution in [1.82, 2.24) is 10.6 Å². The van der Waals surface area contributed by atoms with Crippen LogP contribution in [0.25, 0.3) is 0 Å². The van der Waals surface area contributed by atoms with E-state index in [0.717, 1.165) is 24.2 Å². The Morgan fingerprint density at radius 2 is 1.72 bits per heavy atom. The number of benzene rings is 1. The van der Waals surface area contributed by atoms with Gasteiger partial charge in [0.25, 0.3) is 5.91 Å². The monoisotopic (exact) mass is 372 g/mol. The van der Waals surface area contributed by atoms with Crippen LogP contribution in [0.5, 0.6) is 11.5 Å². The van der Waals surface area contributed by atoms with Gasteiger partial charge in [-0.05, 0) is 63.0 Å². The number of amides is 1. The van der Waals surface area contributed by atoms with Crippen LogP contribution in [0.4, 0.5) is 0 Å². The number of halogens is 1. The number of nitrogens with one attached hydrogen (secondary N) is 2. The molecule has 1 unspecified atom stereocenters. The molecular weight excluding hydrogens is 344 g/mol. The molecule has 2 rings (SSSR count). The maximum absolute atomic E-state index is 12.8. The predicted octanol–water partition coefficient (Wildman–Crippen LogP) is 2.38. The van der Waals surface area contributed by atoms with E-state index in [1.54, 1.807) is 21.3 Å². The van der Waals surface area contributed by atoms with Crippen molar-refractivity contribution in [2.75, 3.05) is 34.4 Å². The Labute approximate surface area is 156 Å². The first-order valence-electron chi connectivity index (χ1n) is 8.26. The molecule has 7 heteroatoms. The normalized spacial score (nSPS) is 17.2. The van der Waals surface area contributed by atoms with Crippen molar-refractivity contribution in [2.24, 2.45) is 0 Å². The maximum atomic E-state index is 12.8. The smallest absolute Gasteiger partial charge is 0.252 e. The van der Waals surface area contributed by atoms with Crippen molar-refractivity contribution in [3.63, 3.8) is 0 Å². The number of methoxy groups -OCH3 is 3. The van der Waals surface area contributed by atoms with Gasteiger partial charge in [-0.25, -0.2) is 0 Å². The fourth-order valence-corrected chi connectivity index (χ4v) is 3.22. The van der Waals surface area contributed by atoms with E-state index in [9.17, 15) is 4.79 Å². The second-order valence-corrected chi connectivity index (χ2v) is 6.21. The van der Waals surface area contributed by atoms with Gasteiger partial charge in [0.05, 0.1) is 20.3 Å². The van der Waals surface area contributed by atoms with Crippen LogP contribution in [0.1, 0.15) is 36.9 Å². The van der Waals surface area contributed by atoms with Gasteiger partial charge in [-0.1, -0.05) is 0 Å². The number of rotatable bonds is 6. The lowest BCUT2D eigenvalue weighted by molar-refractivity contribution is -0.147. The zero-order valence-electron chi connectivity index (χ0n) is 15.6. The Morgan fingerprint density at radius 3 is 2.24 bits per heavy atom. The first-order valence-corrected chi connectivity index (χ1v) is 8.26. The third-order valence-corrected chi connectivity index (χ3v) is 4.80. The molecule has 0 radical (unpaired) electrons. The van der Waals surface area contributed by atoms with E-state index < -0.39 is 5.60 Å². The second-order valence-electron chi connectivity index (χ2n) is 6.21. The van der Waals surface area contributed by atoms with Crippen LogP contribution in [0.3, 0.4) is 0 Å². The highest BCUT2D eigenvalue weighted by atomic mass is 35.5. The molecular formula is C18H29ClN2O4. The molecule has 1 fully saturated rings. The molecule has 1 aliphatic heterocycles. The van der Waals surface area contributed by atoms with Gasteiger partial charge in [-0.3, -0.25) is 4.79 Å². The van der Waals surface area contributed by atoms with Crippen LogP contribution in [0, 0.1) is 6.92 Å². The minimum atomic E-state index is -0.746.